The maximum Gasteiger partial charge on any atom is 0.0397 e. The molecular formula is C15H20N2. The average molecular weight is 228 g/mol. The predicted molar refractivity (Wildman–Crippen MR) is 73.2 cm³/mol. The molecule has 0 fully saturated rings. The summed E-state index contributed by atoms with van der Waals surface area (Å²) in [5.41, 5.74) is 4.25. The van der Waals surface area contributed by atoms with E-state index in [2.05, 4.69) is 41.4 Å². The van der Waals surface area contributed by atoms with Gasteiger partial charge in [-0.1, -0.05) is 12.1 Å². The molecule has 0 unspecified atom stereocenters. The van der Waals surface area contributed by atoms with Gasteiger partial charge in [-0.3, -0.25) is 0 Å². The largest absolute Gasteiger partial charge is 0.374 e. The van der Waals surface area contributed by atoms with Gasteiger partial charge < -0.3 is 10.2 Å². The van der Waals surface area contributed by atoms with Crippen molar-refractivity contribution < 1.29 is 0 Å². The number of fused-ring (bicyclic) bond motifs is 1. The number of nitrogens with one attached hydrogen (secondary N) is 1. The molecule has 90 valence electrons. The van der Waals surface area contributed by atoms with Crippen molar-refractivity contribution in [1.29, 1.82) is 0 Å². The normalized spacial score (nSPS) is 13.5. The molecule has 0 aliphatic carbocycles. The molecule has 0 atom stereocenters. The molecule has 0 saturated heterocycles. The minimum Gasteiger partial charge on any atom is -0.374 e. The number of nitrogens with zero attached hydrogens (tertiary/aromatic N) is 1. The van der Waals surface area contributed by atoms with Crippen LogP contribution in [0, 0.1) is 12.3 Å². The Labute approximate surface area is 104 Å². The van der Waals surface area contributed by atoms with E-state index < -0.39 is 0 Å². The predicted octanol–water partition coefficient (Wildman–Crippen LogP) is 2.18. The van der Waals surface area contributed by atoms with Gasteiger partial charge in [-0.25, -0.2) is 0 Å². The monoisotopic (exact) mass is 228 g/mol. The second kappa shape index (κ2) is 5.75. The molecule has 0 bridgehead atoms. The highest BCUT2D eigenvalue weighted by Gasteiger charge is 2.14. The fourth-order valence-corrected chi connectivity index (χ4v) is 2.28. The smallest absolute Gasteiger partial charge is 0.0397 e. The van der Waals surface area contributed by atoms with Gasteiger partial charge in [0, 0.05) is 32.2 Å². The number of anilines is 1. The third-order valence-electron chi connectivity index (χ3n) is 3.28. The second-order valence-electron chi connectivity index (χ2n) is 4.62. The van der Waals surface area contributed by atoms with Crippen molar-refractivity contribution in [3.05, 3.63) is 29.3 Å². The van der Waals surface area contributed by atoms with Crippen LogP contribution in [0.4, 0.5) is 5.69 Å². The van der Waals surface area contributed by atoms with E-state index in [9.17, 15) is 0 Å². The Morgan fingerprint density at radius 1 is 1.47 bits per heavy atom. The molecule has 1 heterocycles. The maximum absolute atomic E-state index is 5.21. The first-order valence-corrected chi connectivity index (χ1v) is 6.28. The van der Waals surface area contributed by atoms with Crippen molar-refractivity contribution in [2.75, 3.05) is 25.0 Å². The van der Waals surface area contributed by atoms with Crippen LogP contribution >= 0.6 is 0 Å². The topological polar surface area (TPSA) is 15.3 Å². The molecule has 0 amide bonds. The molecule has 1 aliphatic heterocycles. The lowest BCUT2D eigenvalue weighted by molar-refractivity contribution is 0.659. The number of benzene rings is 1. The van der Waals surface area contributed by atoms with Gasteiger partial charge in [0.1, 0.15) is 0 Å². The van der Waals surface area contributed by atoms with Crippen molar-refractivity contribution >= 4 is 5.69 Å². The van der Waals surface area contributed by atoms with Crippen molar-refractivity contribution in [1.82, 2.24) is 5.32 Å². The van der Waals surface area contributed by atoms with Crippen molar-refractivity contribution in [3.8, 4) is 12.3 Å². The zero-order valence-electron chi connectivity index (χ0n) is 10.5. The summed E-state index contributed by atoms with van der Waals surface area (Å²) in [4.78, 5) is 2.32. The van der Waals surface area contributed by atoms with Gasteiger partial charge in [-0.05, 0) is 36.6 Å². The second-order valence-corrected chi connectivity index (χ2v) is 4.62. The van der Waals surface area contributed by atoms with Crippen molar-refractivity contribution in [2.24, 2.45) is 0 Å². The van der Waals surface area contributed by atoms with Crippen molar-refractivity contribution in [2.45, 2.75) is 25.8 Å². The van der Waals surface area contributed by atoms with Crippen LogP contribution in [0.15, 0.2) is 18.2 Å². The Morgan fingerprint density at radius 2 is 2.35 bits per heavy atom. The summed E-state index contributed by atoms with van der Waals surface area (Å²) >= 11 is 0. The molecule has 2 rings (SSSR count). The Morgan fingerprint density at radius 3 is 3.18 bits per heavy atom. The third kappa shape index (κ3) is 3.01. The number of rotatable bonds is 5. The van der Waals surface area contributed by atoms with Crippen LogP contribution in [0.3, 0.4) is 0 Å². The third-order valence-corrected chi connectivity index (χ3v) is 3.28. The molecule has 17 heavy (non-hydrogen) atoms. The molecule has 0 aromatic heterocycles. The van der Waals surface area contributed by atoms with Crippen LogP contribution in [0.2, 0.25) is 0 Å². The molecule has 1 N–H and O–H groups in total. The Balaban J connectivity index is 1.85. The molecule has 1 aliphatic rings. The number of hydrogen-bond donors (Lipinski definition) is 1. The standard InChI is InChI=1S/C15H20N2/c1-3-4-5-9-16-12-13-6-7-15-14(11-13)8-10-17(15)2/h1,6-7,11,16H,4-5,8-10,12H2,2H3. The van der Waals surface area contributed by atoms with E-state index in [0.717, 1.165) is 32.5 Å². The molecule has 0 saturated carbocycles. The number of terminal acetylenes is 1. The highest BCUT2D eigenvalue weighted by atomic mass is 15.1. The van der Waals surface area contributed by atoms with E-state index >= 15 is 0 Å². The van der Waals surface area contributed by atoms with E-state index in [1.165, 1.54) is 23.2 Å². The molecule has 2 nitrogen and oxygen atoms in total. The summed E-state index contributed by atoms with van der Waals surface area (Å²) in [6.07, 6.45) is 8.31. The van der Waals surface area contributed by atoms with Crippen LogP contribution in [-0.4, -0.2) is 20.1 Å². The van der Waals surface area contributed by atoms with Crippen LogP contribution in [-0.2, 0) is 13.0 Å². The average Bonchev–Trinajstić information content (AvgIpc) is 2.71. The van der Waals surface area contributed by atoms with Gasteiger partial charge >= 0.3 is 0 Å². The first-order valence-electron chi connectivity index (χ1n) is 6.28. The molecule has 0 radical (unpaired) electrons. The molecule has 0 spiro atoms. The van der Waals surface area contributed by atoms with Gasteiger partial charge in [-0.15, -0.1) is 12.3 Å². The Kier molecular flexibility index (Phi) is 4.06. The first-order chi connectivity index (χ1) is 8.31. The van der Waals surface area contributed by atoms with E-state index in [-0.39, 0.29) is 0 Å². The Hall–Kier alpha value is -1.46. The first kappa shape index (κ1) is 12.0. The minimum atomic E-state index is 0.863. The quantitative estimate of drug-likeness (QED) is 0.614. The zero-order chi connectivity index (χ0) is 12.1. The fourth-order valence-electron chi connectivity index (χ4n) is 2.28. The van der Waals surface area contributed by atoms with E-state index in [4.69, 9.17) is 6.42 Å². The molecule has 1 aromatic carbocycles. The molecular weight excluding hydrogens is 208 g/mol. The van der Waals surface area contributed by atoms with Crippen LogP contribution in [0.1, 0.15) is 24.0 Å². The van der Waals surface area contributed by atoms with Gasteiger partial charge in [0.05, 0.1) is 0 Å². The lowest BCUT2D eigenvalue weighted by atomic mass is 10.1. The summed E-state index contributed by atoms with van der Waals surface area (Å²) < 4.78 is 0. The molecule has 1 aromatic rings. The lowest BCUT2D eigenvalue weighted by Crippen LogP contribution is -2.14. The lowest BCUT2D eigenvalue weighted by Gasteiger charge is -2.12. The highest BCUT2D eigenvalue weighted by Crippen LogP contribution is 2.27. The molecule has 2 heteroatoms. The number of unbranched alkanes of at least 4 members (excludes halogenated alkanes) is 1. The van der Waals surface area contributed by atoms with Crippen LogP contribution in [0.25, 0.3) is 0 Å². The van der Waals surface area contributed by atoms with E-state index in [0.29, 0.717) is 0 Å². The number of hydrogen-bond acceptors (Lipinski definition) is 2. The van der Waals surface area contributed by atoms with E-state index in [1.54, 1.807) is 0 Å². The Bertz CT molecular complexity index is 417. The van der Waals surface area contributed by atoms with Crippen LogP contribution < -0.4 is 10.2 Å². The summed E-state index contributed by atoms with van der Waals surface area (Å²) in [7, 11) is 2.16. The zero-order valence-corrected chi connectivity index (χ0v) is 10.5. The highest BCUT2D eigenvalue weighted by molar-refractivity contribution is 5.58. The van der Waals surface area contributed by atoms with Crippen molar-refractivity contribution in [3.63, 3.8) is 0 Å². The van der Waals surface area contributed by atoms with Crippen LogP contribution in [0.5, 0.6) is 0 Å². The van der Waals surface area contributed by atoms with Gasteiger partial charge in [0.2, 0.25) is 0 Å². The minimum absolute atomic E-state index is 0.863. The summed E-state index contributed by atoms with van der Waals surface area (Å²) in [6.45, 7) is 3.09. The fraction of sp³-hybridized carbons (Fsp3) is 0.467. The maximum atomic E-state index is 5.21. The van der Waals surface area contributed by atoms with Gasteiger partial charge in [-0.2, -0.15) is 0 Å². The number of likely N-dealkylation sites (N-methyl/N-ethyl adjacent to an activating group) is 1. The van der Waals surface area contributed by atoms with Gasteiger partial charge in [0.25, 0.3) is 0 Å². The van der Waals surface area contributed by atoms with Gasteiger partial charge in [0.15, 0.2) is 0 Å². The van der Waals surface area contributed by atoms with E-state index in [1.807, 2.05) is 0 Å². The summed E-state index contributed by atoms with van der Waals surface area (Å²) in [5, 5.41) is 3.43. The summed E-state index contributed by atoms with van der Waals surface area (Å²) in [6, 6.07) is 6.78. The summed E-state index contributed by atoms with van der Waals surface area (Å²) in [5.74, 6) is 2.66. The SMILES string of the molecule is C#CCCCNCc1ccc2c(c1)CCN2C.